The van der Waals surface area contributed by atoms with Gasteiger partial charge in [0.2, 0.25) is 0 Å². The van der Waals surface area contributed by atoms with Gasteiger partial charge in [-0.05, 0) is 81.8 Å². The Kier molecular flexibility index (Phi) is 6.99. The fourth-order valence-electron chi connectivity index (χ4n) is 3.51. The number of aromatic nitrogens is 1. The van der Waals surface area contributed by atoms with Crippen LogP contribution < -0.4 is 10.1 Å². The van der Waals surface area contributed by atoms with Crippen LogP contribution in [-0.4, -0.2) is 27.7 Å². The maximum Gasteiger partial charge on any atom is 0.335 e. The van der Waals surface area contributed by atoms with Crippen molar-refractivity contribution >= 4 is 23.6 Å². The number of carboxylic acid groups (broad SMARTS) is 1. The van der Waals surface area contributed by atoms with Crippen molar-refractivity contribution in [3.05, 3.63) is 82.7 Å². The van der Waals surface area contributed by atoms with Crippen LogP contribution in [0.2, 0.25) is 0 Å². The molecule has 0 saturated heterocycles. The molecule has 1 heterocycles. The Morgan fingerprint density at radius 1 is 1.12 bits per heavy atom. The van der Waals surface area contributed by atoms with Gasteiger partial charge >= 0.3 is 5.97 Å². The van der Waals surface area contributed by atoms with E-state index in [-0.39, 0.29) is 17.2 Å². The zero-order valence-electron chi connectivity index (χ0n) is 18.9. The zero-order chi connectivity index (χ0) is 24.1. The predicted molar refractivity (Wildman–Crippen MR) is 127 cm³/mol. The summed E-state index contributed by atoms with van der Waals surface area (Å²) in [5, 5.41) is 21.5. The van der Waals surface area contributed by atoms with Gasteiger partial charge in [0.15, 0.2) is 0 Å². The van der Waals surface area contributed by atoms with Crippen molar-refractivity contribution in [1.29, 1.82) is 5.26 Å². The normalized spacial score (nSPS) is 11.2. The number of rotatable bonds is 7. The first-order valence-corrected chi connectivity index (χ1v) is 10.4. The highest BCUT2D eigenvalue weighted by Crippen LogP contribution is 2.24. The lowest BCUT2D eigenvalue weighted by atomic mass is 10.1. The van der Waals surface area contributed by atoms with Crippen LogP contribution in [0.15, 0.2) is 60.2 Å². The van der Waals surface area contributed by atoms with Gasteiger partial charge in [-0.2, -0.15) is 5.26 Å². The number of amides is 1. The lowest BCUT2D eigenvalue weighted by Gasteiger charge is -2.11. The van der Waals surface area contributed by atoms with Crippen LogP contribution in [0.3, 0.4) is 0 Å². The first kappa shape index (κ1) is 23.4. The number of anilines is 1. The van der Waals surface area contributed by atoms with E-state index in [1.165, 1.54) is 12.1 Å². The average Bonchev–Trinajstić information content (AvgIpc) is 3.04. The number of nitriles is 1. The summed E-state index contributed by atoms with van der Waals surface area (Å²) in [6.45, 7) is 7.61. The van der Waals surface area contributed by atoms with Crippen LogP contribution in [0, 0.1) is 25.2 Å². The molecule has 7 nitrogen and oxygen atoms in total. The van der Waals surface area contributed by atoms with E-state index in [9.17, 15) is 14.9 Å². The summed E-state index contributed by atoms with van der Waals surface area (Å²) >= 11 is 0. The molecular weight excluding hydrogens is 418 g/mol. The molecule has 0 aliphatic rings. The molecular formula is C26H25N3O4. The molecule has 0 aliphatic heterocycles. The van der Waals surface area contributed by atoms with E-state index < -0.39 is 11.9 Å². The maximum atomic E-state index is 12.8. The van der Waals surface area contributed by atoms with Gasteiger partial charge < -0.3 is 19.7 Å². The van der Waals surface area contributed by atoms with Crippen LogP contribution in [-0.2, 0) is 4.79 Å². The smallest absolute Gasteiger partial charge is 0.335 e. The van der Waals surface area contributed by atoms with Crippen molar-refractivity contribution in [3.8, 4) is 17.5 Å². The Morgan fingerprint density at radius 3 is 2.42 bits per heavy atom. The van der Waals surface area contributed by atoms with Crippen LogP contribution in [0.4, 0.5) is 5.69 Å². The van der Waals surface area contributed by atoms with Gasteiger partial charge in [0, 0.05) is 28.8 Å². The number of aryl methyl sites for hydroxylation is 1. The van der Waals surface area contributed by atoms with Gasteiger partial charge in [-0.25, -0.2) is 4.79 Å². The topological polar surface area (TPSA) is 104 Å². The zero-order valence-corrected chi connectivity index (χ0v) is 18.9. The van der Waals surface area contributed by atoms with Crippen molar-refractivity contribution in [2.75, 3.05) is 5.32 Å². The molecule has 0 radical (unpaired) electrons. The fourth-order valence-corrected chi connectivity index (χ4v) is 3.51. The van der Waals surface area contributed by atoms with E-state index in [2.05, 4.69) is 5.32 Å². The second-order valence-electron chi connectivity index (χ2n) is 7.83. The van der Waals surface area contributed by atoms with Crippen molar-refractivity contribution in [3.63, 3.8) is 0 Å². The highest BCUT2D eigenvalue weighted by Gasteiger charge is 2.15. The molecule has 0 spiro atoms. The van der Waals surface area contributed by atoms with Gasteiger partial charge in [-0.15, -0.1) is 0 Å². The SMILES string of the molecule is Cc1cc(/C=C(/C#N)C(=O)Nc2cccc(OC(C)C)c2)c(C)n1-c1ccc(C(=O)O)cc1. The Labute approximate surface area is 192 Å². The molecule has 2 aromatic carbocycles. The first-order valence-electron chi connectivity index (χ1n) is 10.4. The minimum atomic E-state index is -0.989. The summed E-state index contributed by atoms with van der Waals surface area (Å²) in [5.41, 5.74) is 3.92. The number of benzene rings is 2. The second kappa shape index (κ2) is 9.88. The van der Waals surface area contributed by atoms with Crippen LogP contribution in [0.1, 0.15) is 41.2 Å². The minimum absolute atomic E-state index is 0.00102. The lowest BCUT2D eigenvalue weighted by Crippen LogP contribution is -2.14. The molecule has 3 rings (SSSR count). The number of nitrogens with one attached hydrogen (secondary N) is 1. The number of hydrogen-bond acceptors (Lipinski definition) is 4. The highest BCUT2D eigenvalue weighted by atomic mass is 16.5. The summed E-state index contributed by atoms with van der Waals surface area (Å²) in [4.78, 5) is 23.9. The predicted octanol–water partition coefficient (Wildman–Crippen LogP) is 5.13. The molecule has 0 fully saturated rings. The monoisotopic (exact) mass is 443 g/mol. The fraction of sp³-hybridized carbons (Fsp3) is 0.192. The van der Waals surface area contributed by atoms with Crippen molar-refractivity contribution in [2.45, 2.75) is 33.8 Å². The van der Waals surface area contributed by atoms with E-state index in [4.69, 9.17) is 9.84 Å². The third-order valence-electron chi connectivity index (χ3n) is 4.97. The quantitative estimate of drug-likeness (QED) is 0.389. The van der Waals surface area contributed by atoms with Crippen LogP contribution in [0.25, 0.3) is 11.8 Å². The second-order valence-corrected chi connectivity index (χ2v) is 7.83. The van der Waals surface area contributed by atoms with Crippen molar-refractivity contribution in [1.82, 2.24) is 4.57 Å². The molecule has 168 valence electrons. The van der Waals surface area contributed by atoms with Crippen molar-refractivity contribution in [2.24, 2.45) is 0 Å². The molecule has 3 aromatic rings. The number of ether oxygens (including phenoxy) is 1. The van der Waals surface area contributed by atoms with Gasteiger partial charge in [-0.1, -0.05) is 6.07 Å². The average molecular weight is 444 g/mol. The number of nitrogens with zero attached hydrogens (tertiary/aromatic N) is 2. The summed E-state index contributed by atoms with van der Waals surface area (Å²) in [7, 11) is 0. The third kappa shape index (κ3) is 5.49. The molecule has 0 aliphatic carbocycles. The summed E-state index contributed by atoms with van der Waals surface area (Å²) in [6, 6.07) is 17.4. The van der Waals surface area contributed by atoms with E-state index in [0.29, 0.717) is 11.4 Å². The molecule has 0 bridgehead atoms. The Balaban J connectivity index is 1.87. The Morgan fingerprint density at radius 2 is 1.82 bits per heavy atom. The number of hydrogen-bond donors (Lipinski definition) is 2. The van der Waals surface area contributed by atoms with Crippen LogP contribution in [0.5, 0.6) is 5.75 Å². The summed E-state index contributed by atoms with van der Waals surface area (Å²) in [6.07, 6.45) is 1.55. The van der Waals surface area contributed by atoms with E-state index in [1.54, 1.807) is 42.5 Å². The number of aromatic carboxylic acids is 1. The van der Waals surface area contributed by atoms with E-state index in [0.717, 1.165) is 22.6 Å². The molecule has 0 atom stereocenters. The number of carbonyl (C=O) groups excluding carboxylic acids is 1. The Bertz CT molecular complexity index is 1260. The molecule has 2 N–H and O–H groups in total. The van der Waals surface area contributed by atoms with Gasteiger partial charge in [0.25, 0.3) is 5.91 Å². The highest BCUT2D eigenvalue weighted by molar-refractivity contribution is 6.09. The summed E-state index contributed by atoms with van der Waals surface area (Å²) in [5.74, 6) is -0.880. The third-order valence-corrected chi connectivity index (χ3v) is 4.97. The molecule has 1 amide bonds. The maximum absolute atomic E-state index is 12.8. The molecule has 33 heavy (non-hydrogen) atoms. The Hall–Kier alpha value is -4.31. The first-order chi connectivity index (χ1) is 15.7. The molecule has 1 aromatic heterocycles. The minimum Gasteiger partial charge on any atom is -0.491 e. The van der Waals surface area contributed by atoms with E-state index in [1.807, 2.05) is 44.4 Å². The number of carbonyl (C=O) groups is 2. The summed E-state index contributed by atoms with van der Waals surface area (Å²) < 4.78 is 7.59. The molecule has 7 heteroatoms. The number of carboxylic acids is 1. The van der Waals surface area contributed by atoms with Gasteiger partial charge in [0.1, 0.15) is 17.4 Å². The van der Waals surface area contributed by atoms with Gasteiger partial charge in [0.05, 0.1) is 11.7 Å². The molecule has 0 unspecified atom stereocenters. The van der Waals surface area contributed by atoms with Crippen molar-refractivity contribution < 1.29 is 19.4 Å². The standard InChI is InChI=1S/C26H25N3O4/c1-16(2)33-24-7-5-6-22(14-24)28-25(30)21(15-27)13-20-12-17(3)29(18(20)4)23-10-8-19(9-11-23)26(31)32/h5-14,16H,1-4H3,(H,28,30)(H,31,32)/b21-13-. The van der Waals surface area contributed by atoms with Crippen LogP contribution >= 0.6 is 0 Å². The lowest BCUT2D eigenvalue weighted by molar-refractivity contribution is -0.112. The molecule has 0 saturated carbocycles. The van der Waals surface area contributed by atoms with E-state index >= 15 is 0 Å². The largest absolute Gasteiger partial charge is 0.491 e. The van der Waals surface area contributed by atoms with Gasteiger partial charge in [-0.3, -0.25) is 4.79 Å².